The SMILES string of the molecule is CCN1C(=O)/C(=C(/C)c2ccc3oc4ccccc4c3c2)N(c2ccccc2)C1=S. The van der Waals surface area contributed by atoms with Gasteiger partial charge < -0.3 is 4.42 Å². The third-order valence-corrected chi connectivity index (χ3v) is 5.99. The molecular weight excluding hydrogens is 392 g/mol. The minimum atomic E-state index is -0.0685. The van der Waals surface area contributed by atoms with E-state index < -0.39 is 0 Å². The summed E-state index contributed by atoms with van der Waals surface area (Å²) in [5.74, 6) is -0.0685. The smallest absolute Gasteiger partial charge is 0.277 e. The van der Waals surface area contributed by atoms with Gasteiger partial charge >= 0.3 is 0 Å². The molecule has 0 unspecified atom stereocenters. The minimum absolute atomic E-state index is 0.0685. The summed E-state index contributed by atoms with van der Waals surface area (Å²) in [5, 5.41) is 2.61. The predicted molar refractivity (Wildman–Crippen MR) is 125 cm³/mol. The Balaban J connectivity index is 1.72. The summed E-state index contributed by atoms with van der Waals surface area (Å²) in [5.41, 5.74) is 5.03. The molecule has 1 aliphatic heterocycles. The molecule has 0 bridgehead atoms. The van der Waals surface area contributed by atoms with Crippen LogP contribution in [-0.2, 0) is 4.79 Å². The molecule has 0 saturated carbocycles. The van der Waals surface area contributed by atoms with Crippen LogP contribution in [0.4, 0.5) is 5.69 Å². The normalized spacial score (nSPS) is 16.2. The second kappa shape index (κ2) is 7.11. The van der Waals surface area contributed by atoms with Gasteiger partial charge in [0.05, 0.1) is 0 Å². The number of likely N-dealkylation sites (N-methyl/N-ethyl adjacent to an activating group) is 1. The number of allylic oxidation sites excluding steroid dienone is 1. The van der Waals surface area contributed by atoms with Crippen LogP contribution in [-0.4, -0.2) is 22.5 Å². The molecule has 1 fully saturated rings. The van der Waals surface area contributed by atoms with Crippen molar-refractivity contribution in [1.29, 1.82) is 0 Å². The highest BCUT2D eigenvalue weighted by molar-refractivity contribution is 7.80. The maximum Gasteiger partial charge on any atom is 0.277 e. The van der Waals surface area contributed by atoms with E-state index in [1.807, 2.05) is 79.4 Å². The average Bonchev–Trinajstić information content (AvgIpc) is 3.27. The molecule has 1 saturated heterocycles. The molecule has 4 aromatic rings. The Morgan fingerprint density at radius 2 is 1.63 bits per heavy atom. The van der Waals surface area contributed by atoms with E-state index in [2.05, 4.69) is 12.1 Å². The highest BCUT2D eigenvalue weighted by atomic mass is 32.1. The zero-order valence-electron chi connectivity index (χ0n) is 16.8. The third kappa shape index (κ3) is 2.74. The number of hydrogen-bond donors (Lipinski definition) is 0. The first kappa shape index (κ1) is 18.6. The van der Waals surface area contributed by atoms with Crippen LogP contribution in [0, 0.1) is 0 Å². The number of carbonyl (C=O) groups is 1. The van der Waals surface area contributed by atoms with Crippen LogP contribution in [0.5, 0.6) is 0 Å². The first-order valence-corrected chi connectivity index (χ1v) is 10.3. The van der Waals surface area contributed by atoms with E-state index in [9.17, 15) is 4.79 Å². The fourth-order valence-corrected chi connectivity index (χ4v) is 4.46. The van der Waals surface area contributed by atoms with Crippen LogP contribution >= 0.6 is 12.2 Å². The molecule has 2 heterocycles. The van der Waals surface area contributed by atoms with Gasteiger partial charge in [-0.3, -0.25) is 14.6 Å². The van der Waals surface area contributed by atoms with Crippen molar-refractivity contribution in [2.45, 2.75) is 13.8 Å². The number of thiocarbonyl (C=S) groups is 1. The van der Waals surface area contributed by atoms with Gasteiger partial charge in [0.15, 0.2) is 5.11 Å². The second-order valence-electron chi connectivity index (χ2n) is 7.29. The predicted octanol–water partition coefficient (Wildman–Crippen LogP) is 5.97. The number of anilines is 1. The van der Waals surface area contributed by atoms with Gasteiger partial charge in [-0.1, -0.05) is 42.5 Å². The summed E-state index contributed by atoms with van der Waals surface area (Å²) < 4.78 is 5.95. The fourth-order valence-electron chi connectivity index (χ4n) is 4.05. The number of fused-ring (bicyclic) bond motifs is 3. The molecule has 4 nitrogen and oxygen atoms in total. The Bertz CT molecular complexity index is 1340. The number of furan rings is 1. The van der Waals surface area contributed by atoms with Crippen LogP contribution in [0.25, 0.3) is 27.5 Å². The Morgan fingerprint density at radius 1 is 0.933 bits per heavy atom. The van der Waals surface area contributed by atoms with Crippen LogP contribution in [0.15, 0.2) is 82.9 Å². The standard InChI is InChI=1S/C25H20N2O2S/c1-3-26-24(28)23(27(25(26)30)18-9-5-4-6-10-18)16(2)17-13-14-22-20(15-17)19-11-7-8-12-21(19)29-22/h4-15H,3H2,1-2H3/b23-16+. The molecule has 0 spiro atoms. The first-order chi connectivity index (χ1) is 14.6. The number of para-hydroxylation sites is 2. The van der Waals surface area contributed by atoms with E-state index in [1.165, 1.54) is 0 Å². The molecule has 5 rings (SSSR count). The maximum absolute atomic E-state index is 13.3. The van der Waals surface area contributed by atoms with Crippen molar-refractivity contribution in [3.63, 3.8) is 0 Å². The van der Waals surface area contributed by atoms with Crippen molar-refractivity contribution in [2.75, 3.05) is 11.4 Å². The first-order valence-electron chi connectivity index (χ1n) is 9.93. The summed E-state index contributed by atoms with van der Waals surface area (Å²) in [6, 6.07) is 23.9. The monoisotopic (exact) mass is 412 g/mol. The lowest BCUT2D eigenvalue weighted by atomic mass is 10.0. The van der Waals surface area contributed by atoms with E-state index in [0.29, 0.717) is 17.4 Å². The van der Waals surface area contributed by atoms with E-state index in [-0.39, 0.29) is 5.91 Å². The van der Waals surface area contributed by atoms with Gasteiger partial charge in [0.2, 0.25) is 0 Å². The van der Waals surface area contributed by atoms with E-state index in [1.54, 1.807) is 4.90 Å². The molecule has 0 aliphatic carbocycles. The number of nitrogens with zero attached hydrogens (tertiary/aromatic N) is 2. The molecule has 0 atom stereocenters. The fraction of sp³-hybridized carbons (Fsp3) is 0.120. The Labute approximate surface area is 180 Å². The second-order valence-corrected chi connectivity index (χ2v) is 7.65. The van der Waals surface area contributed by atoms with Crippen LogP contribution in [0.2, 0.25) is 0 Å². The Hall–Kier alpha value is -3.44. The topological polar surface area (TPSA) is 36.7 Å². The number of rotatable bonds is 3. The molecule has 5 heteroatoms. The van der Waals surface area contributed by atoms with Crippen molar-refractivity contribution in [3.05, 3.63) is 84.1 Å². The van der Waals surface area contributed by atoms with Crippen molar-refractivity contribution in [2.24, 2.45) is 0 Å². The summed E-state index contributed by atoms with van der Waals surface area (Å²) in [6.07, 6.45) is 0. The molecule has 148 valence electrons. The van der Waals surface area contributed by atoms with Gasteiger partial charge in [-0.2, -0.15) is 0 Å². The summed E-state index contributed by atoms with van der Waals surface area (Å²) in [6.45, 7) is 4.45. The minimum Gasteiger partial charge on any atom is -0.456 e. The quantitative estimate of drug-likeness (QED) is 0.307. The number of carbonyl (C=O) groups excluding carboxylic acids is 1. The highest BCUT2D eigenvalue weighted by Gasteiger charge is 2.39. The van der Waals surface area contributed by atoms with Crippen LogP contribution < -0.4 is 4.90 Å². The maximum atomic E-state index is 13.3. The summed E-state index contributed by atoms with van der Waals surface area (Å²) in [7, 11) is 0. The van der Waals surface area contributed by atoms with Gasteiger partial charge in [-0.15, -0.1) is 0 Å². The van der Waals surface area contributed by atoms with Gasteiger partial charge in [-0.25, -0.2) is 0 Å². The zero-order valence-corrected chi connectivity index (χ0v) is 17.6. The number of benzene rings is 3. The molecule has 3 aromatic carbocycles. The van der Waals surface area contributed by atoms with Gasteiger partial charge in [0.25, 0.3) is 5.91 Å². The summed E-state index contributed by atoms with van der Waals surface area (Å²) in [4.78, 5) is 16.8. The van der Waals surface area contributed by atoms with Gasteiger partial charge in [0, 0.05) is 23.0 Å². The van der Waals surface area contributed by atoms with Gasteiger partial charge in [0.1, 0.15) is 16.9 Å². The van der Waals surface area contributed by atoms with E-state index in [0.717, 1.165) is 38.8 Å². The number of hydrogen-bond acceptors (Lipinski definition) is 3. The molecule has 0 N–H and O–H groups in total. The highest BCUT2D eigenvalue weighted by Crippen LogP contribution is 2.36. The third-order valence-electron chi connectivity index (χ3n) is 5.59. The molecule has 1 aromatic heterocycles. The van der Waals surface area contributed by atoms with Crippen molar-refractivity contribution in [3.8, 4) is 0 Å². The molecular formula is C25H20N2O2S. The van der Waals surface area contributed by atoms with Crippen molar-refractivity contribution in [1.82, 2.24) is 4.90 Å². The Morgan fingerprint density at radius 3 is 2.40 bits per heavy atom. The van der Waals surface area contributed by atoms with E-state index in [4.69, 9.17) is 16.6 Å². The van der Waals surface area contributed by atoms with Crippen molar-refractivity contribution < 1.29 is 9.21 Å². The van der Waals surface area contributed by atoms with E-state index >= 15 is 0 Å². The van der Waals surface area contributed by atoms with Crippen LogP contribution in [0.3, 0.4) is 0 Å². The lowest BCUT2D eigenvalue weighted by molar-refractivity contribution is -0.122. The van der Waals surface area contributed by atoms with Crippen molar-refractivity contribution >= 4 is 56.4 Å². The lowest BCUT2D eigenvalue weighted by Gasteiger charge is -2.20. The molecule has 0 radical (unpaired) electrons. The molecule has 1 aliphatic rings. The molecule has 1 amide bonds. The van der Waals surface area contributed by atoms with Gasteiger partial charge in [-0.05, 0) is 67.5 Å². The molecule has 30 heavy (non-hydrogen) atoms. The Kier molecular flexibility index (Phi) is 4.40. The summed E-state index contributed by atoms with van der Waals surface area (Å²) >= 11 is 5.67. The van der Waals surface area contributed by atoms with Crippen LogP contribution in [0.1, 0.15) is 19.4 Å². The average molecular weight is 413 g/mol. The largest absolute Gasteiger partial charge is 0.456 e. The zero-order chi connectivity index (χ0) is 20.8. The number of amides is 1. The lowest BCUT2D eigenvalue weighted by Crippen LogP contribution is -2.32.